The van der Waals surface area contributed by atoms with Gasteiger partial charge in [0, 0.05) is 12.6 Å². The number of aliphatic hydroxyl groups is 1. The van der Waals surface area contributed by atoms with Gasteiger partial charge in [-0.1, -0.05) is 20.8 Å². The highest BCUT2D eigenvalue weighted by Crippen LogP contribution is 2.27. The van der Waals surface area contributed by atoms with Crippen LogP contribution in [0.4, 0.5) is 0 Å². The van der Waals surface area contributed by atoms with Crippen molar-refractivity contribution >= 4 is 11.8 Å². The van der Waals surface area contributed by atoms with Gasteiger partial charge in [0.1, 0.15) is 0 Å². The Morgan fingerprint density at radius 3 is 2.33 bits per heavy atom. The van der Waals surface area contributed by atoms with Crippen molar-refractivity contribution in [3.8, 4) is 0 Å². The summed E-state index contributed by atoms with van der Waals surface area (Å²) in [6, 6.07) is 0.441. The zero-order valence-corrected chi connectivity index (χ0v) is 11.3. The topological polar surface area (TPSA) is 32.3 Å². The van der Waals surface area contributed by atoms with Gasteiger partial charge in [0.25, 0.3) is 0 Å². The molecule has 1 atom stereocenters. The van der Waals surface area contributed by atoms with Crippen LogP contribution in [0, 0.1) is 5.41 Å². The van der Waals surface area contributed by atoms with E-state index in [0.29, 0.717) is 6.04 Å². The highest BCUT2D eigenvalue weighted by molar-refractivity contribution is 7.99. The van der Waals surface area contributed by atoms with Crippen LogP contribution in [0.5, 0.6) is 0 Å². The van der Waals surface area contributed by atoms with E-state index in [2.05, 4.69) is 33.0 Å². The lowest BCUT2D eigenvalue weighted by Crippen LogP contribution is -2.49. The van der Waals surface area contributed by atoms with Gasteiger partial charge in [0.15, 0.2) is 0 Å². The largest absolute Gasteiger partial charge is 0.389 e. The van der Waals surface area contributed by atoms with Crippen LogP contribution in [0.25, 0.3) is 0 Å². The first-order valence-corrected chi connectivity index (χ1v) is 7.02. The van der Waals surface area contributed by atoms with Crippen LogP contribution in [0.2, 0.25) is 0 Å². The predicted molar refractivity (Wildman–Crippen MR) is 68.4 cm³/mol. The second-order valence-electron chi connectivity index (χ2n) is 5.81. The molecule has 90 valence electrons. The number of nitrogens with one attached hydrogen (secondary N) is 1. The van der Waals surface area contributed by atoms with Gasteiger partial charge in [-0.3, -0.25) is 0 Å². The first kappa shape index (κ1) is 13.3. The summed E-state index contributed by atoms with van der Waals surface area (Å²) in [5.74, 6) is 2.20. The van der Waals surface area contributed by atoms with Crippen molar-refractivity contribution in [2.75, 3.05) is 18.1 Å². The Balaban J connectivity index is 2.35. The fourth-order valence-electron chi connectivity index (χ4n) is 1.58. The fraction of sp³-hybridized carbons (Fsp3) is 1.00. The van der Waals surface area contributed by atoms with Gasteiger partial charge in [0.2, 0.25) is 0 Å². The number of rotatable bonds is 3. The van der Waals surface area contributed by atoms with Crippen LogP contribution >= 0.6 is 11.8 Å². The summed E-state index contributed by atoms with van der Waals surface area (Å²) in [6.07, 6.45) is 1.86. The van der Waals surface area contributed by atoms with Crippen LogP contribution in [-0.2, 0) is 0 Å². The van der Waals surface area contributed by atoms with Crippen molar-refractivity contribution in [2.45, 2.75) is 52.2 Å². The third-order valence-electron chi connectivity index (χ3n) is 3.46. The Morgan fingerprint density at radius 1 is 1.33 bits per heavy atom. The highest BCUT2D eigenvalue weighted by Gasteiger charge is 2.30. The van der Waals surface area contributed by atoms with Crippen molar-refractivity contribution < 1.29 is 5.11 Å². The molecule has 0 bridgehead atoms. The van der Waals surface area contributed by atoms with Crippen LogP contribution < -0.4 is 5.32 Å². The summed E-state index contributed by atoms with van der Waals surface area (Å²) in [5, 5.41) is 13.8. The van der Waals surface area contributed by atoms with Crippen LogP contribution in [0.1, 0.15) is 40.5 Å². The Kier molecular flexibility index (Phi) is 4.50. The highest BCUT2D eigenvalue weighted by atomic mass is 32.2. The van der Waals surface area contributed by atoms with E-state index in [-0.39, 0.29) is 5.41 Å². The lowest BCUT2D eigenvalue weighted by atomic mass is 9.87. The van der Waals surface area contributed by atoms with Gasteiger partial charge in [-0.2, -0.15) is 11.8 Å². The summed E-state index contributed by atoms with van der Waals surface area (Å²) in [4.78, 5) is 0. The summed E-state index contributed by atoms with van der Waals surface area (Å²) in [6.45, 7) is 9.62. The van der Waals surface area contributed by atoms with Crippen LogP contribution in [-0.4, -0.2) is 34.8 Å². The summed E-state index contributed by atoms with van der Waals surface area (Å²) >= 11 is 1.95. The number of thioether (sulfide) groups is 1. The van der Waals surface area contributed by atoms with Gasteiger partial charge in [0.05, 0.1) is 5.60 Å². The Labute approximate surface area is 98.2 Å². The maximum absolute atomic E-state index is 10.3. The van der Waals surface area contributed by atoms with Gasteiger partial charge in [-0.25, -0.2) is 0 Å². The molecular formula is C12H25NOS. The van der Waals surface area contributed by atoms with Crippen molar-refractivity contribution in [1.82, 2.24) is 5.32 Å². The second-order valence-corrected chi connectivity index (χ2v) is 7.03. The monoisotopic (exact) mass is 231 g/mol. The lowest BCUT2D eigenvalue weighted by molar-refractivity contribution is 0.0263. The van der Waals surface area contributed by atoms with Crippen molar-refractivity contribution in [3.63, 3.8) is 0 Å². The van der Waals surface area contributed by atoms with Gasteiger partial charge < -0.3 is 10.4 Å². The van der Waals surface area contributed by atoms with Crippen molar-refractivity contribution in [3.05, 3.63) is 0 Å². The maximum Gasteiger partial charge on any atom is 0.0787 e. The molecule has 0 radical (unpaired) electrons. The molecule has 0 aliphatic carbocycles. The molecule has 3 heteroatoms. The molecule has 0 spiro atoms. The third kappa shape index (κ3) is 4.33. The number of hydrogen-bond donors (Lipinski definition) is 2. The van der Waals surface area contributed by atoms with Gasteiger partial charge >= 0.3 is 0 Å². The number of hydrogen-bond acceptors (Lipinski definition) is 3. The van der Waals surface area contributed by atoms with E-state index in [1.807, 2.05) is 11.8 Å². The molecule has 1 aliphatic rings. The molecule has 0 aromatic carbocycles. The zero-order valence-electron chi connectivity index (χ0n) is 10.5. The minimum atomic E-state index is -0.454. The van der Waals surface area contributed by atoms with Gasteiger partial charge in [-0.05, 0) is 36.7 Å². The first-order chi connectivity index (χ1) is 6.83. The van der Waals surface area contributed by atoms with E-state index in [9.17, 15) is 5.11 Å². The normalized spacial score (nSPS) is 23.8. The summed E-state index contributed by atoms with van der Waals surface area (Å²) in [5.41, 5.74) is -0.190. The Hall–Kier alpha value is 0.270. The molecule has 0 amide bonds. The Bertz CT molecular complexity index is 194. The average Bonchev–Trinajstić information content (AvgIpc) is 2.14. The third-order valence-corrected chi connectivity index (χ3v) is 4.45. The summed E-state index contributed by atoms with van der Waals surface area (Å²) in [7, 11) is 0. The fourth-order valence-corrected chi connectivity index (χ4v) is 2.83. The lowest BCUT2D eigenvalue weighted by Gasteiger charge is -2.36. The minimum Gasteiger partial charge on any atom is -0.389 e. The van der Waals surface area contributed by atoms with Crippen LogP contribution in [0.15, 0.2) is 0 Å². The molecule has 0 aromatic heterocycles. The van der Waals surface area contributed by atoms with Crippen molar-refractivity contribution in [1.29, 1.82) is 0 Å². The molecule has 0 saturated carbocycles. The molecule has 1 saturated heterocycles. The van der Waals surface area contributed by atoms with E-state index in [0.717, 1.165) is 30.9 Å². The standard InChI is InChI=1S/C12H25NOS/c1-10(11(2,3)4)13-9-12(14)5-7-15-8-6-12/h10,13-14H,5-9H2,1-4H3. The Morgan fingerprint density at radius 2 is 1.87 bits per heavy atom. The molecule has 15 heavy (non-hydrogen) atoms. The molecule has 1 rings (SSSR count). The molecule has 0 aromatic rings. The molecule has 1 aliphatic heterocycles. The maximum atomic E-state index is 10.3. The van der Waals surface area contributed by atoms with E-state index in [1.54, 1.807) is 0 Å². The van der Waals surface area contributed by atoms with E-state index >= 15 is 0 Å². The predicted octanol–water partition coefficient (Wildman–Crippen LogP) is 2.27. The van der Waals surface area contributed by atoms with E-state index < -0.39 is 5.60 Å². The molecule has 2 N–H and O–H groups in total. The molecule has 1 fully saturated rings. The van der Waals surface area contributed by atoms with Crippen molar-refractivity contribution in [2.24, 2.45) is 5.41 Å². The quantitative estimate of drug-likeness (QED) is 0.781. The van der Waals surface area contributed by atoms with Gasteiger partial charge in [-0.15, -0.1) is 0 Å². The molecule has 1 unspecified atom stereocenters. The second kappa shape index (κ2) is 5.07. The molecule has 2 nitrogen and oxygen atoms in total. The van der Waals surface area contributed by atoms with E-state index in [1.165, 1.54) is 0 Å². The average molecular weight is 231 g/mol. The SMILES string of the molecule is CC(NCC1(O)CCSCC1)C(C)(C)C. The van der Waals surface area contributed by atoms with E-state index in [4.69, 9.17) is 0 Å². The van der Waals surface area contributed by atoms with Crippen LogP contribution in [0.3, 0.4) is 0 Å². The summed E-state index contributed by atoms with van der Waals surface area (Å²) < 4.78 is 0. The smallest absolute Gasteiger partial charge is 0.0787 e. The first-order valence-electron chi connectivity index (χ1n) is 5.87. The zero-order chi connectivity index (χ0) is 11.5. The molecule has 1 heterocycles. The minimum absolute atomic E-state index is 0.264. The molecular weight excluding hydrogens is 206 g/mol.